The summed E-state index contributed by atoms with van der Waals surface area (Å²) in [6.07, 6.45) is 1.96. The van der Waals surface area contributed by atoms with E-state index in [-0.39, 0.29) is 0 Å². The second-order valence-electron chi connectivity index (χ2n) is 4.91. The van der Waals surface area contributed by atoms with Crippen LogP contribution in [-0.4, -0.2) is 34.9 Å². The number of nitrogens with two attached hydrogens (primary N) is 1. The van der Waals surface area contributed by atoms with Crippen LogP contribution in [0.3, 0.4) is 0 Å². The fraction of sp³-hybridized carbons (Fsp3) is 0.615. The number of ether oxygens (including phenoxy) is 2. The van der Waals surface area contributed by atoms with Crippen LogP contribution in [-0.2, 0) is 21.5 Å². The molecule has 0 spiro atoms. The van der Waals surface area contributed by atoms with Gasteiger partial charge in [0.05, 0.1) is 12.1 Å². The van der Waals surface area contributed by atoms with Gasteiger partial charge in [0.25, 0.3) is 0 Å². The van der Waals surface area contributed by atoms with E-state index in [1.165, 1.54) is 11.3 Å². The highest BCUT2D eigenvalue weighted by molar-refractivity contribution is 7.13. The molecule has 0 unspecified atom stereocenters. The number of hydrogen-bond acceptors (Lipinski definition) is 8. The van der Waals surface area contributed by atoms with E-state index < -0.39 is 5.60 Å². The molecule has 1 saturated heterocycles. The maximum atomic E-state index is 5.93. The summed E-state index contributed by atoms with van der Waals surface area (Å²) in [6.45, 7) is 3.86. The van der Waals surface area contributed by atoms with Gasteiger partial charge in [-0.25, -0.2) is 4.98 Å². The van der Waals surface area contributed by atoms with Crippen LogP contribution in [0.25, 0.3) is 0 Å². The van der Waals surface area contributed by atoms with Gasteiger partial charge in [-0.1, -0.05) is 5.16 Å². The lowest BCUT2D eigenvalue weighted by Crippen LogP contribution is -2.37. The summed E-state index contributed by atoms with van der Waals surface area (Å²) in [4.78, 5) is 8.69. The Morgan fingerprint density at radius 3 is 2.86 bits per heavy atom. The number of nitrogens with zero attached hydrogens (tertiary/aromatic N) is 3. The molecule has 0 aromatic carbocycles. The quantitative estimate of drug-likeness (QED) is 0.898. The van der Waals surface area contributed by atoms with E-state index in [2.05, 4.69) is 15.1 Å². The van der Waals surface area contributed by atoms with Crippen LogP contribution in [0.1, 0.15) is 37.2 Å². The zero-order valence-corrected chi connectivity index (χ0v) is 12.7. The van der Waals surface area contributed by atoms with Crippen molar-refractivity contribution >= 4 is 16.5 Å². The second-order valence-corrected chi connectivity index (χ2v) is 5.79. The van der Waals surface area contributed by atoms with Gasteiger partial charge >= 0.3 is 0 Å². The molecule has 0 saturated carbocycles. The van der Waals surface area contributed by atoms with Gasteiger partial charge in [-0.05, 0) is 6.92 Å². The summed E-state index contributed by atoms with van der Waals surface area (Å²) in [5, 5.41) is 6.55. The average Bonchev–Trinajstić information content (AvgIpc) is 3.10. The molecule has 2 N–H and O–H groups in total. The molecule has 0 aliphatic carbocycles. The molecule has 21 heavy (non-hydrogen) atoms. The van der Waals surface area contributed by atoms with Crippen molar-refractivity contribution in [2.24, 2.45) is 0 Å². The summed E-state index contributed by atoms with van der Waals surface area (Å²) in [6, 6.07) is 0. The van der Waals surface area contributed by atoms with Crippen molar-refractivity contribution in [3.8, 4) is 0 Å². The fourth-order valence-corrected chi connectivity index (χ4v) is 3.04. The first-order valence-electron chi connectivity index (χ1n) is 6.96. The van der Waals surface area contributed by atoms with E-state index in [1.807, 2.05) is 12.3 Å². The second kappa shape index (κ2) is 6.08. The van der Waals surface area contributed by atoms with E-state index in [4.69, 9.17) is 19.7 Å². The van der Waals surface area contributed by atoms with Gasteiger partial charge in [0, 0.05) is 38.0 Å². The molecular formula is C13H18N4O3S. The standard InChI is InChI=1S/C13H18N4O3S/c1-2-19-13(3-5-18-6-4-13)11-16-10(20-17-11)7-9-8-21-12(14)15-9/h8H,2-7H2,1H3,(H2,14,15). The number of aromatic nitrogens is 3. The van der Waals surface area contributed by atoms with Crippen molar-refractivity contribution in [3.63, 3.8) is 0 Å². The molecule has 8 heteroatoms. The Morgan fingerprint density at radius 1 is 1.38 bits per heavy atom. The van der Waals surface area contributed by atoms with Crippen LogP contribution in [0.5, 0.6) is 0 Å². The molecule has 1 aliphatic heterocycles. The van der Waals surface area contributed by atoms with Crippen LogP contribution in [0.4, 0.5) is 5.13 Å². The number of anilines is 1. The first kappa shape index (κ1) is 14.4. The minimum absolute atomic E-state index is 0.486. The molecule has 3 heterocycles. The van der Waals surface area contributed by atoms with Crippen LogP contribution in [0.15, 0.2) is 9.90 Å². The van der Waals surface area contributed by atoms with Crippen LogP contribution in [0, 0.1) is 0 Å². The fourth-order valence-electron chi connectivity index (χ4n) is 2.48. The first-order valence-corrected chi connectivity index (χ1v) is 7.84. The van der Waals surface area contributed by atoms with E-state index in [9.17, 15) is 0 Å². The highest BCUT2D eigenvalue weighted by atomic mass is 32.1. The van der Waals surface area contributed by atoms with Gasteiger partial charge in [-0.15, -0.1) is 11.3 Å². The molecular weight excluding hydrogens is 292 g/mol. The molecule has 2 aromatic heterocycles. The zero-order chi connectivity index (χ0) is 14.7. The van der Waals surface area contributed by atoms with Gasteiger partial charge in [0.1, 0.15) is 5.60 Å². The van der Waals surface area contributed by atoms with E-state index >= 15 is 0 Å². The van der Waals surface area contributed by atoms with Crippen molar-refractivity contribution in [2.75, 3.05) is 25.6 Å². The lowest BCUT2D eigenvalue weighted by molar-refractivity contribution is -0.118. The number of hydrogen-bond donors (Lipinski definition) is 1. The maximum Gasteiger partial charge on any atom is 0.232 e. The lowest BCUT2D eigenvalue weighted by Gasteiger charge is -2.33. The van der Waals surface area contributed by atoms with Crippen molar-refractivity contribution in [1.82, 2.24) is 15.1 Å². The third kappa shape index (κ3) is 3.07. The van der Waals surface area contributed by atoms with Crippen LogP contribution < -0.4 is 5.73 Å². The third-order valence-electron chi connectivity index (χ3n) is 3.50. The van der Waals surface area contributed by atoms with Crippen LogP contribution >= 0.6 is 11.3 Å². The number of nitrogen functional groups attached to an aromatic ring is 1. The largest absolute Gasteiger partial charge is 0.381 e. The Bertz CT molecular complexity index is 586. The van der Waals surface area contributed by atoms with E-state index in [1.54, 1.807) is 0 Å². The molecule has 0 atom stereocenters. The molecule has 0 radical (unpaired) electrons. The molecule has 1 fully saturated rings. The van der Waals surface area contributed by atoms with Gasteiger partial charge in [0.2, 0.25) is 11.7 Å². The molecule has 0 bridgehead atoms. The molecule has 114 valence electrons. The minimum atomic E-state index is -0.490. The Balaban J connectivity index is 1.78. The van der Waals surface area contributed by atoms with E-state index in [0.717, 1.165) is 18.5 Å². The average molecular weight is 310 g/mol. The Morgan fingerprint density at radius 2 is 2.19 bits per heavy atom. The molecule has 3 rings (SSSR count). The van der Waals surface area contributed by atoms with Gasteiger partial charge < -0.3 is 19.7 Å². The molecule has 0 amide bonds. The minimum Gasteiger partial charge on any atom is -0.381 e. The predicted octanol–water partition coefficient (Wildman–Crippen LogP) is 1.74. The molecule has 7 nitrogen and oxygen atoms in total. The maximum absolute atomic E-state index is 5.93. The summed E-state index contributed by atoms with van der Waals surface area (Å²) >= 11 is 1.40. The summed E-state index contributed by atoms with van der Waals surface area (Å²) < 4.78 is 16.7. The summed E-state index contributed by atoms with van der Waals surface area (Å²) in [7, 11) is 0. The van der Waals surface area contributed by atoms with Crippen molar-refractivity contribution in [3.05, 3.63) is 22.8 Å². The normalized spacial score (nSPS) is 18.0. The number of rotatable bonds is 5. The van der Waals surface area contributed by atoms with E-state index in [0.29, 0.717) is 43.1 Å². The predicted molar refractivity (Wildman–Crippen MR) is 77.0 cm³/mol. The van der Waals surface area contributed by atoms with Crippen LogP contribution in [0.2, 0.25) is 0 Å². The smallest absolute Gasteiger partial charge is 0.232 e. The van der Waals surface area contributed by atoms with Crippen molar-refractivity contribution < 1.29 is 14.0 Å². The Hall–Kier alpha value is -1.51. The topological polar surface area (TPSA) is 96.3 Å². The monoisotopic (exact) mass is 310 g/mol. The Labute approximate surface area is 126 Å². The highest BCUT2D eigenvalue weighted by Crippen LogP contribution is 2.34. The molecule has 2 aromatic rings. The van der Waals surface area contributed by atoms with Crippen molar-refractivity contribution in [2.45, 2.75) is 31.8 Å². The SMILES string of the molecule is CCOC1(c2noc(Cc3csc(N)n3)n2)CCOCC1. The lowest BCUT2D eigenvalue weighted by atomic mass is 9.93. The van der Waals surface area contributed by atoms with Gasteiger partial charge in [-0.2, -0.15) is 4.98 Å². The summed E-state index contributed by atoms with van der Waals surface area (Å²) in [5.41, 5.74) is 5.97. The molecule has 1 aliphatic rings. The van der Waals surface area contributed by atoms with Gasteiger partial charge in [-0.3, -0.25) is 0 Å². The highest BCUT2D eigenvalue weighted by Gasteiger charge is 2.39. The van der Waals surface area contributed by atoms with Crippen molar-refractivity contribution in [1.29, 1.82) is 0 Å². The first-order chi connectivity index (χ1) is 10.2. The zero-order valence-electron chi connectivity index (χ0n) is 11.9. The third-order valence-corrected chi connectivity index (χ3v) is 4.22. The number of thiazole rings is 1. The Kier molecular flexibility index (Phi) is 4.18. The van der Waals surface area contributed by atoms with Gasteiger partial charge in [0.15, 0.2) is 5.13 Å². The summed E-state index contributed by atoms with van der Waals surface area (Å²) in [5.74, 6) is 1.13.